The maximum absolute atomic E-state index is 13.7. The second kappa shape index (κ2) is 8.71. The summed E-state index contributed by atoms with van der Waals surface area (Å²) in [6.07, 6.45) is -0.468. The first kappa shape index (κ1) is 25.5. The van der Waals surface area contributed by atoms with Crippen LogP contribution < -0.4 is 13.9 Å². The average Bonchev–Trinajstić information content (AvgIpc) is 3.35. The van der Waals surface area contributed by atoms with Crippen molar-refractivity contribution in [3.8, 4) is 11.3 Å². The fourth-order valence-electron chi connectivity index (χ4n) is 4.63. The Morgan fingerprint density at radius 2 is 1.86 bits per heavy atom. The van der Waals surface area contributed by atoms with E-state index in [0.717, 1.165) is 15.6 Å². The van der Waals surface area contributed by atoms with Crippen LogP contribution in [0.5, 0.6) is 0 Å². The molecular formula is C25H31F2N5O4S. The quantitative estimate of drug-likeness (QED) is 0.633. The van der Waals surface area contributed by atoms with Crippen molar-refractivity contribution in [3.63, 3.8) is 0 Å². The molecule has 2 fully saturated rings. The van der Waals surface area contributed by atoms with Crippen molar-refractivity contribution in [2.24, 2.45) is 5.92 Å². The number of hydrogen-bond donors (Lipinski definition) is 1. The van der Waals surface area contributed by atoms with Crippen LogP contribution in [-0.4, -0.2) is 69.1 Å². The number of rotatable bonds is 4. The summed E-state index contributed by atoms with van der Waals surface area (Å²) < 4.78 is 61.3. The summed E-state index contributed by atoms with van der Waals surface area (Å²) in [5.41, 5.74) is 2.41. The second-order valence-corrected chi connectivity index (χ2v) is 12.5. The first-order chi connectivity index (χ1) is 17.2. The number of piperazine rings is 1. The molecule has 200 valence electrons. The average molecular weight is 536 g/mol. The van der Waals surface area contributed by atoms with Gasteiger partial charge in [-0.3, -0.25) is 4.72 Å². The highest BCUT2D eigenvalue weighted by Crippen LogP contribution is 2.52. The van der Waals surface area contributed by atoms with Gasteiger partial charge in [0.2, 0.25) is 0 Å². The number of anilines is 3. The first-order valence-electron chi connectivity index (χ1n) is 12.3. The monoisotopic (exact) mass is 535 g/mol. The lowest BCUT2D eigenvalue weighted by atomic mass is 10.0. The highest BCUT2D eigenvalue weighted by molar-refractivity contribution is 7.94. The van der Waals surface area contributed by atoms with Gasteiger partial charge in [-0.15, -0.1) is 0 Å². The fourth-order valence-corrected chi connectivity index (χ4v) is 5.61. The lowest BCUT2D eigenvalue weighted by Gasteiger charge is -2.36. The molecule has 0 spiro atoms. The van der Waals surface area contributed by atoms with Gasteiger partial charge in [-0.25, -0.2) is 22.9 Å². The van der Waals surface area contributed by atoms with Crippen LogP contribution in [0.4, 0.5) is 30.8 Å². The predicted octanol–water partition coefficient (Wildman–Crippen LogP) is 4.11. The summed E-state index contributed by atoms with van der Waals surface area (Å²) in [6.45, 7) is 7.79. The Bertz CT molecular complexity index is 1340. The number of carbonyl (C=O) groups is 1. The molecule has 1 N–H and O–H groups in total. The van der Waals surface area contributed by atoms with E-state index in [0.29, 0.717) is 37.4 Å². The van der Waals surface area contributed by atoms with Crippen molar-refractivity contribution in [3.05, 3.63) is 35.9 Å². The number of amides is 1. The fraction of sp³-hybridized carbons (Fsp3) is 0.520. The molecule has 1 saturated heterocycles. The molecule has 1 atom stereocenters. The van der Waals surface area contributed by atoms with Crippen molar-refractivity contribution >= 4 is 33.5 Å². The molecule has 37 heavy (non-hydrogen) atoms. The number of hydrogen-bond acceptors (Lipinski definition) is 6. The van der Waals surface area contributed by atoms with Crippen molar-refractivity contribution in [2.75, 3.05) is 47.2 Å². The van der Waals surface area contributed by atoms with Gasteiger partial charge < -0.3 is 14.5 Å². The van der Waals surface area contributed by atoms with Crippen LogP contribution in [0.1, 0.15) is 32.8 Å². The van der Waals surface area contributed by atoms with Crippen molar-refractivity contribution < 1.29 is 26.7 Å². The van der Waals surface area contributed by atoms with Crippen LogP contribution >= 0.6 is 0 Å². The zero-order chi connectivity index (χ0) is 26.8. The van der Waals surface area contributed by atoms with E-state index in [1.165, 1.54) is 7.05 Å². The smallest absolute Gasteiger partial charge is 0.410 e. The van der Waals surface area contributed by atoms with E-state index >= 15 is 0 Å². The van der Waals surface area contributed by atoms with Crippen LogP contribution in [0.15, 0.2) is 30.3 Å². The van der Waals surface area contributed by atoms with Gasteiger partial charge in [-0.2, -0.15) is 8.42 Å². The molecule has 1 aliphatic carbocycles. The molecule has 1 amide bonds. The minimum atomic E-state index is -3.82. The van der Waals surface area contributed by atoms with Crippen LogP contribution in [0, 0.1) is 5.92 Å². The third-order valence-electron chi connectivity index (χ3n) is 6.83. The number of benzene rings is 1. The van der Waals surface area contributed by atoms with Gasteiger partial charge in [0.15, 0.2) is 5.82 Å². The van der Waals surface area contributed by atoms with Gasteiger partial charge in [0.1, 0.15) is 5.60 Å². The maximum atomic E-state index is 13.7. The van der Waals surface area contributed by atoms with Gasteiger partial charge in [0.25, 0.3) is 5.92 Å². The highest BCUT2D eigenvalue weighted by Gasteiger charge is 2.56. The number of carbonyl (C=O) groups excluding carboxylic acids is 1. The number of pyridine rings is 1. The summed E-state index contributed by atoms with van der Waals surface area (Å²) in [4.78, 5) is 20.8. The molecule has 2 aliphatic heterocycles. The number of alkyl halides is 2. The molecule has 0 bridgehead atoms. The largest absolute Gasteiger partial charge is 0.444 e. The first-order valence-corrected chi connectivity index (χ1v) is 13.7. The molecule has 2 aromatic rings. The van der Waals surface area contributed by atoms with E-state index in [-0.39, 0.29) is 30.4 Å². The van der Waals surface area contributed by atoms with E-state index in [1.807, 2.05) is 45.0 Å². The molecule has 0 radical (unpaired) electrons. The van der Waals surface area contributed by atoms with Crippen LogP contribution in [0.2, 0.25) is 0 Å². The minimum absolute atomic E-state index is 0.0630. The standard InChI is InChI=1S/C25H31F2N5O4S/c1-24(2,3)36-23(33)32-10-8-31(9-11-32)19-7-5-6-16(13-19)20-14-17(12-18-15-25(18,26)27)21-22(28-20)30(4)37(34,35)29-21/h5-7,13-14,18,29H,8-12,15H2,1-4H3. The van der Waals surface area contributed by atoms with Crippen molar-refractivity contribution in [2.45, 2.75) is 45.1 Å². The molecule has 5 rings (SSSR count). The molecule has 1 aromatic heterocycles. The summed E-state index contributed by atoms with van der Waals surface area (Å²) in [7, 11) is -2.43. The summed E-state index contributed by atoms with van der Waals surface area (Å²) >= 11 is 0. The highest BCUT2D eigenvalue weighted by atomic mass is 32.2. The Labute approximate surface area is 215 Å². The number of nitrogens with zero attached hydrogens (tertiary/aromatic N) is 4. The lowest BCUT2D eigenvalue weighted by molar-refractivity contribution is 0.0240. The van der Waals surface area contributed by atoms with E-state index in [9.17, 15) is 22.0 Å². The van der Waals surface area contributed by atoms with E-state index in [4.69, 9.17) is 4.74 Å². The number of fused-ring (bicyclic) bond motifs is 1. The summed E-state index contributed by atoms with van der Waals surface area (Å²) in [6, 6.07) is 9.36. The maximum Gasteiger partial charge on any atom is 0.410 e. The predicted molar refractivity (Wildman–Crippen MR) is 137 cm³/mol. The number of ether oxygens (including phenoxy) is 1. The molecular weight excluding hydrogens is 504 g/mol. The van der Waals surface area contributed by atoms with Crippen LogP contribution in [0.25, 0.3) is 11.3 Å². The van der Waals surface area contributed by atoms with E-state index in [1.54, 1.807) is 11.0 Å². The van der Waals surface area contributed by atoms with Gasteiger partial charge in [0.05, 0.1) is 11.4 Å². The van der Waals surface area contributed by atoms with Crippen molar-refractivity contribution in [1.82, 2.24) is 9.88 Å². The molecule has 1 unspecified atom stereocenters. The molecule has 1 aromatic carbocycles. The second-order valence-electron chi connectivity index (χ2n) is 10.8. The Balaban J connectivity index is 1.39. The molecule has 3 aliphatic rings. The Morgan fingerprint density at radius 3 is 2.49 bits per heavy atom. The van der Waals surface area contributed by atoms with E-state index < -0.39 is 27.7 Å². The van der Waals surface area contributed by atoms with Crippen LogP contribution in [0.3, 0.4) is 0 Å². The van der Waals surface area contributed by atoms with E-state index in [2.05, 4.69) is 14.6 Å². The SMILES string of the molecule is CN1c2nc(-c3cccc(N4CCN(C(=O)OC(C)(C)C)CC4)c3)cc(CC3CC3(F)F)c2NS1(=O)=O. The molecule has 3 heterocycles. The topological polar surface area (TPSA) is 95.1 Å². The van der Waals surface area contributed by atoms with Crippen molar-refractivity contribution in [1.29, 1.82) is 0 Å². The zero-order valence-electron chi connectivity index (χ0n) is 21.3. The normalized spacial score (nSPS) is 21.9. The van der Waals surface area contributed by atoms with Crippen LogP contribution in [-0.2, 0) is 21.4 Å². The third-order valence-corrected chi connectivity index (χ3v) is 8.19. The zero-order valence-corrected chi connectivity index (χ0v) is 22.1. The number of halogens is 2. The third kappa shape index (κ3) is 5.16. The Morgan fingerprint density at radius 1 is 1.19 bits per heavy atom. The number of nitrogens with one attached hydrogen (secondary N) is 1. The number of aromatic nitrogens is 1. The van der Waals surface area contributed by atoms with Gasteiger partial charge in [0, 0.05) is 56.8 Å². The summed E-state index contributed by atoms with van der Waals surface area (Å²) in [5.74, 6) is -3.33. The van der Waals surface area contributed by atoms with Gasteiger partial charge >= 0.3 is 16.3 Å². The minimum Gasteiger partial charge on any atom is -0.444 e. The molecule has 1 saturated carbocycles. The molecule has 9 nitrogen and oxygen atoms in total. The van der Waals surface area contributed by atoms with Gasteiger partial charge in [-0.05, 0) is 51.0 Å². The van der Waals surface area contributed by atoms with Gasteiger partial charge in [-0.1, -0.05) is 12.1 Å². The molecule has 12 heteroatoms. The Kier molecular flexibility index (Phi) is 6.00. The Hall–Kier alpha value is -3.15. The lowest BCUT2D eigenvalue weighted by Crippen LogP contribution is -2.50. The summed E-state index contributed by atoms with van der Waals surface area (Å²) in [5, 5.41) is 0.